The largest absolute Gasteiger partial charge is 0.369 e. The van der Waals surface area contributed by atoms with E-state index >= 15 is 0 Å². The van der Waals surface area contributed by atoms with Gasteiger partial charge in [-0.3, -0.25) is 9.62 Å². The molecule has 0 radical (unpaired) electrons. The van der Waals surface area contributed by atoms with Gasteiger partial charge in [-0.25, -0.2) is 0 Å². The van der Waals surface area contributed by atoms with E-state index in [0.717, 1.165) is 37.9 Å². The summed E-state index contributed by atoms with van der Waals surface area (Å²) in [5.74, 6) is 0. The van der Waals surface area contributed by atoms with Crippen molar-refractivity contribution >= 4 is 21.6 Å². The van der Waals surface area contributed by atoms with Crippen LogP contribution < -0.4 is 14.3 Å². The van der Waals surface area contributed by atoms with E-state index in [1.807, 2.05) is 24.3 Å². The maximum atomic E-state index is 11.7. The first-order valence-corrected chi connectivity index (χ1v) is 9.42. The lowest BCUT2D eigenvalue weighted by atomic mass is 10.2. The molecule has 2 fully saturated rings. The maximum Gasteiger partial charge on any atom is 0.299 e. The molecule has 1 saturated heterocycles. The molecule has 0 amide bonds. The normalized spacial score (nSPS) is 20.1. The molecule has 1 saturated carbocycles. The highest BCUT2D eigenvalue weighted by molar-refractivity contribution is 7.90. The summed E-state index contributed by atoms with van der Waals surface area (Å²) in [6, 6.07) is 8.44. The van der Waals surface area contributed by atoms with E-state index in [-0.39, 0.29) is 0 Å². The SMILES string of the molecule is CCNS(=O)(=O)Nc1ccc(N2CCN(C3CC3)CC2)cc1. The van der Waals surface area contributed by atoms with Crippen LogP contribution in [0.3, 0.4) is 0 Å². The third kappa shape index (κ3) is 3.91. The molecule has 1 heterocycles. The lowest BCUT2D eigenvalue weighted by Gasteiger charge is -2.36. The van der Waals surface area contributed by atoms with Crippen molar-refractivity contribution in [2.24, 2.45) is 0 Å². The van der Waals surface area contributed by atoms with Gasteiger partial charge in [0, 0.05) is 50.1 Å². The van der Waals surface area contributed by atoms with E-state index in [9.17, 15) is 8.42 Å². The van der Waals surface area contributed by atoms with Crippen LogP contribution in [0.2, 0.25) is 0 Å². The first kappa shape index (κ1) is 15.6. The standard InChI is InChI=1S/C15H24N4O2S/c1-2-16-22(20,21)17-13-3-5-14(6-4-13)18-9-11-19(12-10-18)15-7-8-15/h3-6,15-17H,2,7-12H2,1H3. The molecule has 1 aromatic rings. The van der Waals surface area contributed by atoms with Crippen molar-refractivity contribution < 1.29 is 8.42 Å². The third-order valence-electron chi connectivity index (χ3n) is 4.20. The molecule has 1 aromatic carbocycles. The summed E-state index contributed by atoms with van der Waals surface area (Å²) in [6.45, 7) is 6.46. The van der Waals surface area contributed by atoms with Gasteiger partial charge in [0.05, 0.1) is 0 Å². The van der Waals surface area contributed by atoms with Crippen LogP contribution in [0.4, 0.5) is 11.4 Å². The van der Waals surface area contributed by atoms with Gasteiger partial charge in [-0.05, 0) is 37.1 Å². The number of anilines is 2. The van der Waals surface area contributed by atoms with Crippen LogP contribution in [-0.4, -0.2) is 52.1 Å². The highest BCUT2D eigenvalue weighted by atomic mass is 32.2. The second kappa shape index (κ2) is 6.44. The molecule has 1 aliphatic carbocycles. The summed E-state index contributed by atoms with van der Waals surface area (Å²) in [6.07, 6.45) is 2.72. The van der Waals surface area contributed by atoms with Gasteiger partial charge < -0.3 is 4.90 Å². The summed E-state index contributed by atoms with van der Waals surface area (Å²) in [5, 5.41) is 0. The molecule has 122 valence electrons. The average molecular weight is 324 g/mol. The Kier molecular flexibility index (Phi) is 4.56. The van der Waals surface area contributed by atoms with E-state index in [0.29, 0.717) is 12.2 Å². The van der Waals surface area contributed by atoms with Gasteiger partial charge in [0.1, 0.15) is 0 Å². The van der Waals surface area contributed by atoms with Crippen LogP contribution in [-0.2, 0) is 10.2 Å². The zero-order valence-electron chi connectivity index (χ0n) is 13.0. The second-order valence-electron chi connectivity index (χ2n) is 5.90. The van der Waals surface area contributed by atoms with Crippen LogP contribution in [0.1, 0.15) is 19.8 Å². The quantitative estimate of drug-likeness (QED) is 0.826. The Hall–Kier alpha value is -1.31. The van der Waals surface area contributed by atoms with E-state index in [4.69, 9.17) is 0 Å². The molecule has 6 nitrogen and oxygen atoms in total. The van der Waals surface area contributed by atoms with E-state index in [1.165, 1.54) is 12.8 Å². The number of hydrogen-bond donors (Lipinski definition) is 2. The number of nitrogens with one attached hydrogen (secondary N) is 2. The fourth-order valence-electron chi connectivity index (χ4n) is 2.91. The van der Waals surface area contributed by atoms with Crippen LogP contribution in [0.15, 0.2) is 24.3 Å². The molecule has 2 aliphatic rings. The van der Waals surface area contributed by atoms with Gasteiger partial charge >= 0.3 is 0 Å². The minimum atomic E-state index is -3.45. The number of hydrogen-bond acceptors (Lipinski definition) is 4. The monoisotopic (exact) mass is 324 g/mol. The van der Waals surface area contributed by atoms with Crippen molar-refractivity contribution in [2.45, 2.75) is 25.8 Å². The van der Waals surface area contributed by atoms with Crippen molar-refractivity contribution in [3.63, 3.8) is 0 Å². The van der Waals surface area contributed by atoms with E-state index < -0.39 is 10.2 Å². The second-order valence-corrected chi connectivity index (χ2v) is 7.40. The molecule has 2 N–H and O–H groups in total. The topological polar surface area (TPSA) is 64.7 Å². The van der Waals surface area contributed by atoms with Gasteiger partial charge in [0.25, 0.3) is 10.2 Å². The molecule has 0 aromatic heterocycles. The molecular formula is C15H24N4O2S. The van der Waals surface area contributed by atoms with Crippen molar-refractivity contribution in [3.8, 4) is 0 Å². The molecule has 0 spiro atoms. The minimum Gasteiger partial charge on any atom is -0.369 e. The highest BCUT2D eigenvalue weighted by Crippen LogP contribution is 2.28. The van der Waals surface area contributed by atoms with Crippen molar-refractivity contribution in [1.82, 2.24) is 9.62 Å². The number of nitrogens with zero attached hydrogens (tertiary/aromatic N) is 2. The Bertz CT molecular complexity index is 590. The lowest BCUT2D eigenvalue weighted by molar-refractivity contribution is 0.248. The first-order valence-electron chi connectivity index (χ1n) is 7.94. The van der Waals surface area contributed by atoms with Crippen molar-refractivity contribution in [1.29, 1.82) is 0 Å². The molecule has 3 rings (SSSR count). The van der Waals surface area contributed by atoms with Gasteiger partial charge in [-0.1, -0.05) is 6.92 Å². The lowest BCUT2D eigenvalue weighted by Crippen LogP contribution is -2.47. The molecule has 0 bridgehead atoms. The first-order chi connectivity index (χ1) is 10.6. The fraction of sp³-hybridized carbons (Fsp3) is 0.600. The van der Waals surface area contributed by atoms with Gasteiger partial charge in [0.15, 0.2) is 0 Å². The molecule has 1 aliphatic heterocycles. The van der Waals surface area contributed by atoms with E-state index in [2.05, 4.69) is 19.2 Å². The summed E-state index contributed by atoms with van der Waals surface area (Å²) < 4.78 is 28.2. The molecule has 0 unspecified atom stereocenters. The third-order valence-corrected chi connectivity index (χ3v) is 5.37. The highest BCUT2D eigenvalue weighted by Gasteiger charge is 2.31. The van der Waals surface area contributed by atoms with Crippen molar-refractivity contribution in [3.05, 3.63) is 24.3 Å². The van der Waals surface area contributed by atoms with Crippen LogP contribution >= 0.6 is 0 Å². The van der Waals surface area contributed by atoms with Gasteiger partial charge in [-0.15, -0.1) is 0 Å². The average Bonchev–Trinajstić information content (AvgIpc) is 3.32. The molecule has 0 atom stereocenters. The number of benzene rings is 1. The summed E-state index contributed by atoms with van der Waals surface area (Å²) in [5.41, 5.74) is 1.74. The fourth-order valence-corrected chi connectivity index (χ4v) is 3.81. The van der Waals surface area contributed by atoms with Crippen LogP contribution in [0.5, 0.6) is 0 Å². The maximum absolute atomic E-state index is 11.7. The minimum absolute atomic E-state index is 0.374. The summed E-state index contributed by atoms with van der Waals surface area (Å²) in [7, 11) is -3.45. The van der Waals surface area contributed by atoms with E-state index in [1.54, 1.807) is 6.92 Å². The molecule has 7 heteroatoms. The zero-order chi connectivity index (χ0) is 15.6. The van der Waals surface area contributed by atoms with Crippen LogP contribution in [0.25, 0.3) is 0 Å². The predicted molar refractivity (Wildman–Crippen MR) is 89.5 cm³/mol. The molecule has 22 heavy (non-hydrogen) atoms. The van der Waals surface area contributed by atoms with Gasteiger partial charge in [0.2, 0.25) is 0 Å². The Morgan fingerprint density at radius 3 is 2.27 bits per heavy atom. The smallest absolute Gasteiger partial charge is 0.299 e. The number of piperazine rings is 1. The summed E-state index contributed by atoms with van der Waals surface area (Å²) in [4.78, 5) is 4.94. The predicted octanol–water partition coefficient (Wildman–Crippen LogP) is 1.24. The Labute approximate surface area is 132 Å². The van der Waals surface area contributed by atoms with Gasteiger partial charge in [-0.2, -0.15) is 13.1 Å². The Balaban J connectivity index is 1.57. The summed E-state index contributed by atoms with van der Waals surface area (Å²) >= 11 is 0. The number of rotatable bonds is 6. The van der Waals surface area contributed by atoms with Crippen LogP contribution in [0, 0.1) is 0 Å². The Morgan fingerprint density at radius 1 is 1.09 bits per heavy atom. The Morgan fingerprint density at radius 2 is 1.73 bits per heavy atom. The zero-order valence-corrected chi connectivity index (χ0v) is 13.8. The van der Waals surface area contributed by atoms with Crippen molar-refractivity contribution in [2.75, 3.05) is 42.3 Å². The molecular weight excluding hydrogens is 300 g/mol.